The van der Waals surface area contributed by atoms with E-state index in [9.17, 15) is 0 Å². The Bertz CT molecular complexity index is 177. The molecule has 2 fully saturated rings. The third-order valence-corrected chi connectivity index (χ3v) is 4.37. The zero-order valence-corrected chi connectivity index (χ0v) is 8.62. The highest BCUT2D eigenvalue weighted by atomic mass is 14.8. The zero-order chi connectivity index (χ0) is 9.04. The largest absolute Gasteiger partial charge is 0.327 e. The van der Waals surface area contributed by atoms with Crippen LogP contribution in [0.5, 0.6) is 0 Å². The number of hydrogen-bond acceptors (Lipinski definition) is 1. The van der Waals surface area contributed by atoms with E-state index in [0.717, 1.165) is 29.6 Å². The summed E-state index contributed by atoms with van der Waals surface area (Å²) < 4.78 is 0. The third kappa shape index (κ3) is 1.02. The molecule has 1 heteroatoms. The fraction of sp³-hybridized carbons (Fsp3) is 1.00. The molecule has 2 rings (SSSR count). The van der Waals surface area contributed by atoms with Crippen LogP contribution in [0.1, 0.15) is 27.7 Å². The molecule has 2 N–H and O–H groups in total. The van der Waals surface area contributed by atoms with Gasteiger partial charge in [0.15, 0.2) is 0 Å². The molecule has 0 heterocycles. The Hall–Kier alpha value is -0.0400. The molecule has 2 aliphatic carbocycles. The summed E-state index contributed by atoms with van der Waals surface area (Å²) >= 11 is 0. The summed E-state index contributed by atoms with van der Waals surface area (Å²) in [6, 6.07) is 0.483. The topological polar surface area (TPSA) is 26.0 Å². The van der Waals surface area contributed by atoms with Gasteiger partial charge in [-0.2, -0.15) is 0 Å². The lowest BCUT2D eigenvalue weighted by molar-refractivity contribution is 0.275. The van der Waals surface area contributed by atoms with Crippen LogP contribution in [0.2, 0.25) is 0 Å². The van der Waals surface area contributed by atoms with Gasteiger partial charge in [0.25, 0.3) is 0 Å². The van der Waals surface area contributed by atoms with Gasteiger partial charge in [-0.05, 0) is 35.5 Å². The van der Waals surface area contributed by atoms with Crippen molar-refractivity contribution in [1.29, 1.82) is 0 Å². The highest BCUT2D eigenvalue weighted by Crippen LogP contribution is 2.74. The maximum absolute atomic E-state index is 6.21. The van der Waals surface area contributed by atoms with Crippen molar-refractivity contribution in [3.8, 4) is 0 Å². The Labute approximate surface area is 75.7 Å². The molecular weight excluding hydrogens is 146 g/mol. The van der Waals surface area contributed by atoms with E-state index in [1.807, 2.05) is 0 Å². The Morgan fingerprint density at radius 1 is 1.08 bits per heavy atom. The molecule has 0 bridgehead atoms. The second-order valence-electron chi connectivity index (χ2n) is 5.27. The molecule has 0 saturated heterocycles. The minimum atomic E-state index is 0.483. The molecule has 1 nitrogen and oxygen atoms in total. The molecule has 12 heavy (non-hydrogen) atoms. The van der Waals surface area contributed by atoms with Crippen LogP contribution in [0, 0.1) is 35.5 Å². The van der Waals surface area contributed by atoms with Crippen LogP contribution in [-0.2, 0) is 0 Å². The summed E-state index contributed by atoms with van der Waals surface area (Å²) in [6.45, 7) is 9.22. The van der Waals surface area contributed by atoms with Gasteiger partial charge < -0.3 is 5.73 Å². The van der Waals surface area contributed by atoms with E-state index in [2.05, 4.69) is 27.7 Å². The van der Waals surface area contributed by atoms with Gasteiger partial charge >= 0.3 is 0 Å². The summed E-state index contributed by atoms with van der Waals surface area (Å²) in [7, 11) is 0. The number of fused-ring (bicyclic) bond motifs is 1. The van der Waals surface area contributed by atoms with E-state index in [1.165, 1.54) is 0 Å². The molecule has 2 saturated carbocycles. The quantitative estimate of drug-likeness (QED) is 0.684. The number of rotatable bonds is 3. The average Bonchev–Trinajstić information content (AvgIpc) is 2.87. The average molecular weight is 167 g/mol. The highest BCUT2D eigenvalue weighted by Gasteiger charge is 2.72. The summed E-state index contributed by atoms with van der Waals surface area (Å²) in [4.78, 5) is 0. The molecule has 2 aliphatic rings. The van der Waals surface area contributed by atoms with Crippen molar-refractivity contribution < 1.29 is 0 Å². The summed E-state index contributed by atoms with van der Waals surface area (Å²) in [5.41, 5.74) is 6.21. The van der Waals surface area contributed by atoms with Gasteiger partial charge in [0.2, 0.25) is 0 Å². The molecule has 0 aliphatic heterocycles. The second kappa shape index (κ2) is 2.47. The normalized spacial score (nSPS) is 48.5. The lowest BCUT2D eigenvalue weighted by Crippen LogP contribution is -2.36. The fourth-order valence-corrected chi connectivity index (χ4v) is 2.77. The Morgan fingerprint density at radius 3 is 1.92 bits per heavy atom. The van der Waals surface area contributed by atoms with Crippen molar-refractivity contribution in [2.24, 2.45) is 41.2 Å². The van der Waals surface area contributed by atoms with Crippen molar-refractivity contribution in [2.45, 2.75) is 33.7 Å². The molecule has 0 amide bonds. The van der Waals surface area contributed by atoms with E-state index in [1.54, 1.807) is 0 Å². The van der Waals surface area contributed by atoms with Crippen LogP contribution in [0.15, 0.2) is 0 Å². The first-order valence-corrected chi connectivity index (χ1v) is 5.31. The van der Waals surface area contributed by atoms with E-state index in [4.69, 9.17) is 5.73 Å². The van der Waals surface area contributed by atoms with Crippen molar-refractivity contribution in [1.82, 2.24) is 0 Å². The van der Waals surface area contributed by atoms with E-state index >= 15 is 0 Å². The van der Waals surface area contributed by atoms with Crippen LogP contribution in [-0.4, -0.2) is 6.04 Å². The highest BCUT2D eigenvalue weighted by molar-refractivity contribution is 5.20. The minimum absolute atomic E-state index is 0.483. The van der Waals surface area contributed by atoms with Gasteiger partial charge in [-0.1, -0.05) is 27.7 Å². The molecule has 4 atom stereocenters. The molecule has 4 unspecified atom stereocenters. The molecule has 0 radical (unpaired) electrons. The molecule has 0 aromatic rings. The van der Waals surface area contributed by atoms with Crippen LogP contribution < -0.4 is 5.73 Å². The first-order valence-electron chi connectivity index (χ1n) is 5.31. The summed E-state index contributed by atoms with van der Waals surface area (Å²) in [5.74, 6) is 5.42. The Kier molecular flexibility index (Phi) is 1.76. The zero-order valence-electron chi connectivity index (χ0n) is 8.62. The molecule has 0 spiro atoms. The van der Waals surface area contributed by atoms with Gasteiger partial charge in [-0.3, -0.25) is 0 Å². The SMILES string of the molecule is CC(C)C(C)C(N)C1C2C(C)C21. The van der Waals surface area contributed by atoms with Crippen molar-refractivity contribution in [2.75, 3.05) is 0 Å². The van der Waals surface area contributed by atoms with E-state index in [0.29, 0.717) is 12.0 Å². The monoisotopic (exact) mass is 167 g/mol. The summed E-state index contributed by atoms with van der Waals surface area (Å²) in [6.07, 6.45) is 0. The smallest absolute Gasteiger partial charge is 0.0101 e. The number of hydrogen-bond donors (Lipinski definition) is 1. The van der Waals surface area contributed by atoms with E-state index in [-0.39, 0.29) is 0 Å². The molecule has 0 aromatic heterocycles. The van der Waals surface area contributed by atoms with Gasteiger partial charge in [0, 0.05) is 6.04 Å². The maximum atomic E-state index is 6.21. The van der Waals surface area contributed by atoms with Crippen molar-refractivity contribution >= 4 is 0 Å². The standard InChI is InChI=1S/C11H21N/c1-5(2)6(3)11(12)10-8-7(4)9(8)10/h5-11H,12H2,1-4H3. The predicted molar refractivity (Wildman–Crippen MR) is 51.6 cm³/mol. The molecule has 70 valence electrons. The van der Waals surface area contributed by atoms with Gasteiger partial charge in [-0.25, -0.2) is 0 Å². The van der Waals surface area contributed by atoms with Crippen LogP contribution in [0.3, 0.4) is 0 Å². The Balaban J connectivity index is 1.83. The van der Waals surface area contributed by atoms with Gasteiger partial charge in [-0.15, -0.1) is 0 Å². The maximum Gasteiger partial charge on any atom is 0.0101 e. The van der Waals surface area contributed by atoms with Gasteiger partial charge in [0.05, 0.1) is 0 Å². The third-order valence-electron chi connectivity index (χ3n) is 4.37. The van der Waals surface area contributed by atoms with Crippen LogP contribution >= 0.6 is 0 Å². The van der Waals surface area contributed by atoms with E-state index < -0.39 is 0 Å². The molecular formula is C11H21N. The number of nitrogens with two attached hydrogens (primary N) is 1. The summed E-state index contributed by atoms with van der Waals surface area (Å²) in [5, 5.41) is 0. The second-order valence-corrected chi connectivity index (χ2v) is 5.27. The lowest BCUT2D eigenvalue weighted by atomic mass is 9.84. The lowest BCUT2D eigenvalue weighted by Gasteiger charge is -2.26. The fourth-order valence-electron chi connectivity index (χ4n) is 2.77. The molecule has 0 aromatic carbocycles. The van der Waals surface area contributed by atoms with Crippen LogP contribution in [0.4, 0.5) is 0 Å². The minimum Gasteiger partial charge on any atom is -0.327 e. The first-order chi connectivity index (χ1) is 5.55. The van der Waals surface area contributed by atoms with Gasteiger partial charge in [0.1, 0.15) is 0 Å². The van der Waals surface area contributed by atoms with Crippen LogP contribution in [0.25, 0.3) is 0 Å². The predicted octanol–water partition coefficient (Wildman–Crippen LogP) is 2.12. The van der Waals surface area contributed by atoms with Crippen molar-refractivity contribution in [3.63, 3.8) is 0 Å². The van der Waals surface area contributed by atoms with Crippen molar-refractivity contribution in [3.05, 3.63) is 0 Å². The first kappa shape index (κ1) is 8.55. The Morgan fingerprint density at radius 2 is 1.58 bits per heavy atom.